The van der Waals surface area contributed by atoms with E-state index in [1.807, 2.05) is 30.3 Å². The van der Waals surface area contributed by atoms with E-state index in [9.17, 15) is 9.59 Å². The van der Waals surface area contributed by atoms with Crippen LogP contribution in [-0.4, -0.2) is 24.4 Å². The Morgan fingerprint density at radius 3 is 2.35 bits per heavy atom. The van der Waals surface area contributed by atoms with Crippen LogP contribution in [0, 0.1) is 5.92 Å². The van der Waals surface area contributed by atoms with Gasteiger partial charge in [-0.1, -0.05) is 62.9 Å². The second-order valence-electron chi connectivity index (χ2n) is 8.62. The van der Waals surface area contributed by atoms with Crippen LogP contribution < -0.4 is 16.0 Å². The van der Waals surface area contributed by atoms with Crippen LogP contribution in [0.5, 0.6) is 0 Å². The summed E-state index contributed by atoms with van der Waals surface area (Å²) in [5.74, 6) is 0.0531. The summed E-state index contributed by atoms with van der Waals surface area (Å²) in [6.45, 7) is 4.68. The summed E-state index contributed by atoms with van der Waals surface area (Å²) < 4.78 is 0. The Balaban J connectivity index is 1.88. The van der Waals surface area contributed by atoms with Crippen molar-refractivity contribution in [1.29, 1.82) is 0 Å². The van der Waals surface area contributed by atoms with Crippen LogP contribution in [0.25, 0.3) is 0 Å². The smallest absolute Gasteiger partial charge is 0.251 e. The summed E-state index contributed by atoms with van der Waals surface area (Å²) in [4.78, 5) is 26.3. The van der Waals surface area contributed by atoms with Gasteiger partial charge in [-0.05, 0) is 54.7 Å². The molecule has 0 aromatic heterocycles. The molecule has 0 heterocycles. The molecular formula is C25H32ClN3O2. The highest BCUT2D eigenvalue weighted by Crippen LogP contribution is 2.26. The molecule has 5 nitrogen and oxygen atoms in total. The summed E-state index contributed by atoms with van der Waals surface area (Å²) in [5, 5.41) is 10.1. The number of benzene rings is 2. The van der Waals surface area contributed by atoms with Gasteiger partial charge in [0.05, 0.1) is 0 Å². The topological polar surface area (TPSA) is 70.2 Å². The number of halogens is 1. The van der Waals surface area contributed by atoms with E-state index in [-0.39, 0.29) is 17.9 Å². The predicted octanol–water partition coefficient (Wildman–Crippen LogP) is 5.33. The van der Waals surface area contributed by atoms with E-state index < -0.39 is 6.04 Å². The molecule has 0 spiro atoms. The van der Waals surface area contributed by atoms with E-state index in [1.54, 1.807) is 18.2 Å². The zero-order valence-electron chi connectivity index (χ0n) is 18.3. The van der Waals surface area contributed by atoms with Gasteiger partial charge in [0.2, 0.25) is 5.91 Å². The minimum atomic E-state index is -0.691. The average Bonchev–Trinajstić information content (AvgIpc) is 2.77. The Kier molecular flexibility index (Phi) is 8.35. The molecule has 1 saturated carbocycles. The fraction of sp³-hybridized carbons (Fsp3) is 0.440. The minimum Gasteiger partial charge on any atom is -0.370 e. The molecule has 1 unspecified atom stereocenters. The van der Waals surface area contributed by atoms with Gasteiger partial charge in [-0.25, -0.2) is 0 Å². The average molecular weight is 442 g/mol. The first kappa shape index (κ1) is 23.1. The number of amides is 2. The molecule has 166 valence electrons. The number of hydrogen-bond donors (Lipinski definition) is 3. The van der Waals surface area contributed by atoms with Crippen LogP contribution in [0.15, 0.2) is 48.5 Å². The largest absolute Gasteiger partial charge is 0.370 e. The summed E-state index contributed by atoms with van der Waals surface area (Å²) in [6.07, 6.45) is 5.48. The molecule has 2 amide bonds. The van der Waals surface area contributed by atoms with Crippen molar-refractivity contribution in [2.75, 3.05) is 11.9 Å². The van der Waals surface area contributed by atoms with Crippen LogP contribution in [0.3, 0.4) is 0 Å². The first-order valence-corrected chi connectivity index (χ1v) is 11.5. The first-order chi connectivity index (χ1) is 14.9. The molecule has 1 atom stereocenters. The third-order valence-electron chi connectivity index (χ3n) is 5.56. The minimum absolute atomic E-state index is 0.119. The molecular weight excluding hydrogens is 410 g/mol. The highest BCUT2D eigenvalue weighted by atomic mass is 35.5. The lowest BCUT2D eigenvalue weighted by molar-refractivity contribution is -0.122. The lowest BCUT2D eigenvalue weighted by atomic mass is 9.94. The lowest BCUT2D eigenvalue weighted by Gasteiger charge is -2.27. The Morgan fingerprint density at radius 1 is 1.00 bits per heavy atom. The molecule has 0 bridgehead atoms. The fourth-order valence-electron chi connectivity index (χ4n) is 3.88. The third-order valence-corrected chi connectivity index (χ3v) is 5.81. The van der Waals surface area contributed by atoms with Crippen molar-refractivity contribution in [1.82, 2.24) is 10.6 Å². The van der Waals surface area contributed by atoms with E-state index >= 15 is 0 Å². The van der Waals surface area contributed by atoms with Crippen LogP contribution in [-0.2, 0) is 4.79 Å². The van der Waals surface area contributed by atoms with Gasteiger partial charge in [-0.3, -0.25) is 9.59 Å². The quantitative estimate of drug-likeness (QED) is 0.518. The molecule has 0 saturated heterocycles. The molecule has 3 N–H and O–H groups in total. The highest BCUT2D eigenvalue weighted by molar-refractivity contribution is 6.30. The first-order valence-electron chi connectivity index (χ1n) is 11.1. The maximum Gasteiger partial charge on any atom is 0.251 e. The zero-order valence-corrected chi connectivity index (χ0v) is 19.0. The van der Waals surface area contributed by atoms with Gasteiger partial charge < -0.3 is 16.0 Å². The summed E-state index contributed by atoms with van der Waals surface area (Å²) in [5.41, 5.74) is 1.94. The second kappa shape index (κ2) is 11.2. The predicted molar refractivity (Wildman–Crippen MR) is 126 cm³/mol. The van der Waals surface area contributed by atoms with Crippen LogP contribution in [0.4, 0.5) is 5.69 Å². The Labute approximate surface area is 190 Å². The summed E-state index contributed by atoms with van der Waals surface area (Å²) >= 11 is 6.02. The van der Waals surface area contributed by atoms with E-state index in [0.29, 0.717) is 28.6 Å². The van der Waals surface area contributed by atoms with Crippen LogP contribution >= 0.6 is 11.6 Å². The number of hydrogen-bond acceptors (Lipinski definition) is 3. The molecule has 31 heavy (non-hydrogen) atoms. The van der Waals surface area contributed by atoms with Crippen molar-refractivity contribution in [3.8, 4) is 0 Å². The number of carbonyl (C=O) groups is 2. The maximum absolute atomic E-state index is 13.4. The standard InChI is InChI=1S/C25H32ClN3O2/c1-17(2)16-27-24(30)22-11-7-6-10-21(22)23(28-20-14-12-18(26)13-15-20)25(31)29-19-8-4-3-5-9-19/h6-7,10-15,17,19,23,28H,3-5,8-9,16H2,1-2H3,(H,27,30)(H,29,31). The second-order valence-corrected chi connectivity index (χ2v) is 9.06. The van der Waals surface area contributed by atoms with E-state index in [4.69, 9.17) is 11.6 Å². The molecule has 2 aromatic carbocycles. The molecule has 0 radical (unpaired) electrons. The molecule has 2 aromatic rings. The molecule has 1 aliphatic carbocycles. The van der Waals surface area contributed by atoms with Crippen molar-refractivity contribution < 1.29 is 9.59 Å². The maximum atomic E-state index is 13.4. The summed E-state index contributed by atoms with van der Waals surface area (Å²) in [7, 11) is 0. The van der Waals surface area contributed by atoms with Crippen molar-refractivity contribution in [3.63, 3.8) is 0 Å². The van der Waals surface area contributed by atoms with E-state index in [2.05, 4.69) is 29.8 Å². The Bertz CT molecular complexity index is 877. The molecule has 6 heteroatoms. The van der Waals surface area contributed by atoms with E-state index in [0.717, 1.165) is 31.4 Å². The molecule has 1 fully saturated rings. The number of carbonyl (C=O) groups excluding carboxylic acids is 2. The molecule has 1 aliphatic rings. The van der Waals surface area contributed by atoms with Crippen molar-refractivity contribution in [2.45, 2.75) is 58.0 Å². The van der Waals surface area contributed by atoms with Gasteiger partial charge in [-0.15, -0.1) is 0 Å². The van der Waals surface area contributed by atoms with E-state index in [1.165, 1.54) is 6.42 Å². The van der Waals surface area contributed by atoms with Gasteiger partial charge in [0.25, 0.3) is 5.91 Å². The normalized spacial score (nSPS) is 15.4. The van der Waals surface area contributed by atoms with Gasteiger partial charge in [0.15, 0.2) is 0 Å². The molecule has 3 rings (SSSR count). The monoisotopic (exact) mass is 441 g/mol. The third kappa shape index (κ3) is 6.73. The SMILES string of the molecule is CC(C)CNC(=O)c1ccccc1C(Nc1ccc(Cl)cc1)C(=O)NC1CCCCC1. The zero-order chi connectivity index (χ0) is 22.2. The van der Waals surface area contributed by atoms with Crippen molar-refractivity contribution in [2.24, 2.45) is 5.92 Å². The Morgan fingerprint density at radius 2 is 1.68 bits per heavy atom. The fourth-order valence-corrected chi connectivity index (χ4v) is 4.00. The van der Waals surface area contributed by atoms with Gasteiger partial charge >= 0.3 is 0 Å². The summed E-state index contributed by atoms with van der Waals surface area (Å²) in [6, 6.07) is 14.0. The number of rotatable bonds is 8. The number of anilines is 1. The molecule has 0 aliphatic heterocycles. The van der Waals surface area contributed by atoms with Crippen molar-refractivity contribution >= 4 is 29.1 Å². The van der Waals surface area contributed by atoms with Gasteiger partial charge in [-0.2, -0.15) is 0 Å². The van der Waals surface area contributed by atoms with Crippen LogP contribution in [0.1, 0.15) is 67.9 Å². The van der Waals surface area contributed by atoms with Crippen LogP contribution in [0.2, 0.25) is 5.02 Å². The lowest BCUT2D eigenvalue weighted by Crippen LogP contribution is -2.42. The van der Waals surface area contributed by atoms with Crippen molar-refractivity contribution in [3.05, 3.63) is 64.7 Å². The Hall–Kier alpha value is -2.53. The van der Waals surface area contributed by atoms with Gasteiger partial charge in [0, 0.05) is 28.9 Å². The van der Waals surface area contributed by atoms with Gasteiger partial charge in [0.1, 0.15) is 6.04 Å². The number of nitrogens with one attached hydrogen (secondary N) is 3. The highest BCUT2D eigenvalue weighted by Gasteiger charge is 2.27.